The molecule has 0 saturated carbocycles. The SMILES string of the molecule is O=C(C=Cc1ccccc1)Nc1cc(Cl)ccc1Cl. The number of amides is 1. The summed E-state index contributed by atoms with van der Waals surface area (Å²) < 4.78 is 0. The fourth-order valence-corrected chi connectivity index (χ4v) is 1.84. The van der Waals surface area contributed by atoms with Crippen LogP contribution in [0, 0.1) is 0 Å². The van der Waals surface area contributed by atoms with E-state index in [1.165, 1.54) is 6.08 Å². The average Bonchev–Trinajstić information content (AvgIpc) is 2.42. The van der Waals surface area contributed by atoms with E-state index in [4.69, 9.17) is 23.2 Å². The monoisotopic (exact) mass is 291 g/mol. The molecule has 4 heteroatoms. The van der Waals surface area contributed by atoms with Crippen molar-refractivity contribution in [3.05, 3.63) is 70.2 Å². The number of rotatable bonds is 3. The molecule has 1 N–H and O–H groups in total. The smallest absolute Gasteiger partial charge is 0.248 e. The van der Waals surface area contributed by atoms with Crippen LogP contribution in [0.3, 0.4) is 0 Å². The maximum Gasteiger partial charge on any atom is 0.248 e. The number of benzene rings is 2. The minimum absolute atomic E-state index is 0.256. The first-order chi connectivity index (χ1) is 9.15. The van der Waals surface area contributed by atoms with Crippen molar-refractivity contribution < 1.29 is 4.79 Å². The molecule has 0 aliphatic heterocycles. The highest BCUT2D eigenvalue weighted by atomic mass is 35.5. The van der Waals surface area contributed by atoms with Crippen molar-refractivity contribution in [2.45, 2.75) is 0 Å². The lowest BCUT2D eigenvalue weighted by molar-refractivity contribution is -0.111. The molecule has 0 bridgehead atoms. The highest BCUT2D eigenvalue weighted by molar-refractivity contribution is 6.35. The molecule has 96 valence electrons. The van der Waals surface area contributed by atoms with Crippen LogP contribution in [0.1, 0.15) is 5.56 Å². The van der Waals surface area contributed by atoms with Crippen LogP contribution < -0.4 is 5.32 Å². The Hall–Kier alpha value is -1.77. The molecule has 19 heavy (non-hydrogen) atoms. The van der Waals surface area contributed by atoms with E-state index < -0.39 is 0 Å². The van der Waals surface area contributed by atoms with Crippen molar-refractivity contribution in [3.63, 3.8) is 0 Å². The predicted octanol–water partition coefficient (Wildman–Crippen LogP) is 4.65. The second-order valence-electron chi connectivity index (χ2n) is 3.86. The van der Waals surface area contributed by atoms with Gasteiger partial charge in [0.25, 0.3) is 0 Å². The second-order valence-corrected chi connectivity index (χ2v) is 4.70. The summed E-state index contributed by atoms with van der Waals surface area (Å²) in [4.78, 5) is 11.7. The Labute approximate surface area is 121 Å². The lowest BCUT2D eigenvalue weighted by atomic mass is 10.2. The van der Waals surface area contributed by atoms with Crippen LogP contribution in [0.2, 0.25) is 10.0 Å². The van der Waals surface area contributed by atoms with Crippen molar-refractivity contribution in [2.24, 2.45) is 0 Å². The number of hydrogen-bond acceptors (Lipinski definition) is 1. The molecule has 2 nitrogen and oxygen atoms in total. The summed E-state index contributed by atoms with van der Waals surface area (Å²) >= 11 is 11.8. The first-order valence-corrected chi connectivity index (χ1v) is 6.40. The molecule has 0 aliphatic carbocycles. The van der Waals surface area contributed by atoms with Gasteiger partial charge in [0.05, 0.1) is 10.7 Å². The standard InChI is InChI=1S/C15H11Cl2NO/c16-12-7-8-13(17)14(10-12)18-15(19)9-6-11-4-2-1-3-5-11/h1-10H,(H,18,19). The number of nitrogens with one attached hydrogen (secondary N) is 1. The highest BCUT2D eigenvalue weighted by Gasteiger charge is 2.03. The maximum atomic E-state index is 11.7. The Bertz CT molecular complexity index is 609. The summed E-state index contributed by atoms with van der Waals surface area (Å²) in [6, 6.07) is 14.5. The van der Waals surface area contributed by atoms with Gasteiger partial charge >= 0.3 is 0 Å². The van der Waals surface area contributed by atoms with E-state index in [1.807, 2.05) is 30.3 Å². The summed E-state index contributed by atoms with van der Waals surface area (Å²) in [5.74, 6) is -0.256. The molecule has 0 spiro atoms. The minimum Gasteiger partial charge on any atom is -0.321 e. The molecule has 0 saturated heterocycles. The van der Waals surface area contributed by atoms with Gasteiger partial charge in [0.2, 0.25) is 5.91 Å². The summed E-state index contributed by atoms with van der Waals surface area (Å²) in [5.41, 5.74) is 1.45. The van der Waals surface area contributed by atoms with Crippen molar-refractivity contribution in [1.82, 2.24) is 0 Å². The Morgan fingerprint density at radius 1 is 1.05 bits per heavy atom. The van der Waals surface area contributed by atoms with E-state index in [0.717, 1.165) is 5.56 Å². The minimum atomic E-state index is -0.256. The fourth-order valence-electron chi connectivity index (χ4n) is 1.50. The number of halogens is 2. The number of anilines is 1. The first kappa shape index (κ1) is 13.7. The molecule has 2 aromatic carbocycles. The summed E-state index contributed by atoms with van der Waals surface area (Å²) in [6.45, 7) is 0. The van der Waals surface area contributed by atoms with Gasteiger partial charge in [-0.25, -0.2) is 0 Å². The molecule has 0 fully saturated rings. The zero-order valence-corrected chi connectivity index (χ0v) is 11.4. The van der Waals surface area contributed by atoms with Gasteiger partial charge in [-0.2, -0.15) is 0 Å². The van der Waals surface area contributed by atoms with Gasteiger partial charge < -0.3 is 5.32 Å². The van der Waals surface area contributed by atoms with E-state index in [2.05, 4.69) is 5.32 Å². The van der Waals surface area contributed by atoms with Crippen LogP contribution >= 0.6 is 23.2 Å². The molecule has 0 atom stereocenters. The topological polar surface area (TPSA) is 29.1 Å². The van der Waals surface area contributed by atoms with Crippen molar-refractivity contribution in [1.29, 1.82) is 0 Å². The first-order valence-electron chi connectivity index (χ1n) is 5.64. The van der Waals surface area contributed by atoms with E-state index in [1.54, 1.807) is 24.3 Å². The normalized spacial score (nSPS) is 10.6. The average molecular weight is 292 g/mol. The Morgan fingerprint density at radius 2 is 1.79 bits per heavy atom. The maximum absolute atomic E-state index is 11.7. The summed E-state index contributed by atoms with van der Waals surface area (Å²) in [5, 5.41) is 3.65. The van der Waals surface area contributed by atoms with Crippen LogP contribution in [-0.2, 0) is 4.79 Å². The van der Waals surface area contributed by atoms with E-state index in [9.17, 15) is 4.79 Å². The molecule has 2 aromatic rings. The van der Waals surface area contributed by atoms with Gasteiger partial charge in [-0.15, -0.1) is 0 Å². The van der Waals surface area contributed by atoms with Crippen LogP contribution in [-0.4, -0.2) is 5.91 Å². The Morgan fingerprint density at radius 3 is 2.53 bits per heavy atom. The fraction of sp³-hybridized carbons (Fsp3) is 0. The van der Waals surface area contributed by atoms with E-state index >= 15 is 0 Å². The zero-order valence-electron chi connectivity index (χ0n) is 9.94. The van der Waals surface area contributed by atoms with Gasteiger partial charge in [0.15, 0.2) is 0 Å². The molecule has 0 aromatic heterocycles. The van der Waals surface area contributed by atoms with Crippen molar-refractivity contribution in [2.75, 3.05) is 5.32 Å². The quantitative estimate of drug-likeness (QED) is 0.820. The molecule has 0 radical (unpaired) electrons. The molecular formula is C15H11Cl2NO. The third kappa shape index (κ3) is 4.12. The summed E-state index contributed by atoms with van der Waals surface area (Å²) in [6.07, 6.45) is 3.18. The van der Waals surface area contributed by atoms with Crippen molar-refractivity contribution >= 4 is 40.9 Å². The number of carbonyl (C=O) groups excluding carboxylic acids is 1. The Balaban J connectivity index is 2.06. The molecule has 0 aliphatic rings. The van der Waals surface area contributed by atoms with Gasteiger partial charge in [0.1, 0.15) is 0 Å². The third-order valence-electron chi connectivity index (χ3n) is 2.41. The highest BCUT2D eigenvalue weighted by Crippen LogP contribution is 2.25. The molecule has 0 heterocycles. The lowest BCUT2D eigenvalue weighted by Crippen LogP contribution is -2.08. The predicted molar refractivity (Wildman–Crippen MR) is 80.6 cm³/mol. The van der Waals surface area contributed by atoms with Gasteiger partial charge in [-0.3, -0.25) is 4.79 Å². The van der Waals surface area contributed by atoms with E-state index in [0.29, 0.717) is 15.7 Å². The van der Waals surface area contributed by atoms with Crippen LogP contribution in [0.4, 0.5) is 5.69 Å². The lowest BCUT2D eigenvalue weighted by Gasteiger charge is -2.05. The van der Waals surface area contributed by atoms with E-state index in [-0.39, 0.29) is 5.91 Å². The third-order valence-corrected chi connectivity index (χ3v) is 2.98. The van der Waals surface area contributed by atoms with Crippen LogP contribution in [0.15, 0.2) is 54.6 Å². The van der Waals surface area contributed by atoms with Gasteiger partial charge in [-0.1, -0.05) is 53.5 Å². The van der Waals surface area contributed by atoms with Gasteiger partial charge in [-0.05, 0) is 29.8 Å². The van der Waals surface area contributed by atoms with Crippen LogP contribution in [0.5, 0.6) is 0 Å². The largest absolute Gasteiger partial charge is 0.321 e. The molecule has 1 amide bonds. The molecule has 2 rings (SSSR count). The van der Waals surface area contributed by atoms with Crippen molar-refractivity contribution in [3.8, 4) is 0 Å². The summed E-state index contributed by atoms with van der Waals surface area (Å²) in [7, 11) is 0. The van der Waals surface area contributed by atoms with Gasteiger partial charge in [0, 0.05) is 11.1 Å². The number of hydrogen-bond donors (Lipinski definition) is 1. The molecule has 0 unspecified atom stereocenters. The Kier molecular flexibility index (Phi) is 4.61. The van der Waals surface area contributed by atoms with Crippen LogP contribution in [0.25, 0.3) is 6.08 Å². The number of carbonyl (C=O) groups is 1. The second kappa shape index (κ2) is 6.41. The zero-order chi connectivity index (χ0) is 13.7. The molecular weight excluding hydrogens is 281 g/mol.